The van der Waals surface area contributed by atoms with Crippen LogP contribution in [-0.4, -0.2) is 34.8 Å². The maximum absolute atomic E-state index is 12.6. The molecule has 7 nitrogen and oxygen atoms in total. The molecule has 1 atom stereocenters. The molecule has 33 heavy (non-hydrogen) atoms. The van der Waals surface area contributed by atoms with E-state index < -0.39 is 17.8 Å². The van der Waals surface area contributed by atoms with Gasteiger partial charge in [-0.3, -0.25) is 9.59 Å². The maximum atomic E-state index is 12.6. The van der Waals surface area contributed by atoms with Gasteiger partial charge in [0.15, 0.2) is 0 Å². The molecule has 0 spiro atoms. The number of amides is 1. The van der Waals surface area contributed by atoms with Crippen LogP contribution in [0.25, 0.3) is 10.9 Å². The molecular weight excluding hydrogens is 418 g/mol. The molecule has 1 heterocycles. The summed E-state index contributed by atoms with van der Waals surface area (Å²) in [5.74, 6) is -1.57. The number of hydrogen-bond donors (Lipinski definition) is 3. The number of carboxylic acid groups (broad SMARTS) is 1. The van der Waals surface area contributed by atoms with Crippen LogP contribution in [0.5, 0.6) is 5.75 Å². The normalized spacial score (nSPS) is 12.3. The van der Waals surface area contributed by atoms with Gasteiger partial charge in [-0.2, -0.15) is 5.10 Å². The highest BCUT2D eigenvalue weighted by Crippen LogP contribution is 2.29. The van der Waals surface area contributed by atoms with Gasteiger partial charge in [-0.25, -0.2) is 5.43 Å². The first-order chi connectivity index (χ1) is 16.1. The number of methoxy groups -OCH3 is 1. The Bertz CT molecular complexity index is 1290. The first-order valence-electron chi connectivity index (χ1n) is 10.4. The Kier molecular flexibility index (Phi) is 6.50. The molecule has 4 rings (SSSR count). The minimum atomic E-state index is -0.968. The van der Waals surface area contributed by atoms with E-state index in [0.29, 0.717) is 22.6 Å². The number of H-pyrrole nitrogens is 1. The van der Waals surface area contributed by atoms with Crippen molar-refractivity contribution in [2.75, 3.05) is 7.11 Å². The Hall–Kier alpha value is -4.39. The second-order valence-corrected chi connectivity index (χ2v) is 7.48. The van der Waals surface area contributed by atoms with E-state index in [-0.39, 0.29) is 6.42 Å². The van der Waals surface area contributed by atoms with Gasteiger partial charge < -0.3 is 14.8 Å². The van der Waals surface area contributed by atoms with Crippen molar-refractivity contribution in [2.24, 2.45) is 5.10 Å². The molecule has 1 amide bonds. The SMILES string of the molecule is COc1ccc(C(=O)NN=C(C[C@H](C(=O)O)c2c[nH]c3ccccc23)c2ccccc2)cc1. The molecule has 166 valence electrons. The van der Waals surface area contributed by atoms with Crippen molar-refractivity contribution in [3.63, 3.8) is 0 Å². The van der Waals surface area contributed by atoms with Gasteiger partial charge in [0.1, 0.15) is 5.75 Å². The highest BCUT2D eigenvalue weighted by atomic mass is 16.5. The maximum Gasteiger partial charge on any atom is 0.311 e. The van der Waals surface area contributed by atoms with Gasteiger partial charge in [-0.15, -0.1) is 0 Å². The third-order valence-corrected chi connectivity index (χ3v) is 5.44. The van der Waals surface area contributed by atoms with Crippen LogP contribution in [0.2, 0.25) is 0 Å². The van der Waals surface area contributed by atoms with Crippen molar-refractivity contribution in [2.45, 2.75) is 12.3 Å². The molecule has 0 aliphatic heterocycles. The smallest absolute Gasteiger partial charge is 0.311 e. The molecule has 7 heteroatoms. The Morgan fingerprint density at radius 1 is 0.970 bits per heavy atom. The van der Waals surface area contributed by atoms with E-state index in [9.17, 15) is 14.7 Å². The van der Waals surface area contributed by atoms with Crippen LogP contribution in [0.1, 0.15) is 33.8 Å². The Morgan fingerprint density at radius 2 is 1.67 bits per heavy atom. The molecule has 0 radical (unpaired) electrons. The minimum absolute atomic E-state index is 0.101. The summed E-state index contributed by atoms with van der Waals surface area (Å²) in [4.78, 5) is 28.0. The quantitative estimate of drug-likeness (QED) is 0.275. The second kappa shape index (κ2) is 9.82. The number of aromatic nitrogens is 1. The Balaban J connectivity index is 1.64. The number of nitrogens with zero attached hydrogens (tertiary/aromatic N) is 1. The molecule has 3 N–H and O–H groups in total. The van der Waals surface area contributed by atoms with Crippen molar-refractivity contribution in [3.05, 3.63) is 102 Å². The zero-order valence-corrected chi connectivity index (χ0v) is 18.0. The van der Waals surface area contributed by atoms with E-state index in [1.165, 1.54) is 0 Å². The van der Waals surface area contributed by atoms with Gasteiger partial charge in [-0.1, -0.05) is 48.5 Å². The van der Waals surface area contributed by atoms with Crippen molar-refractivity contribution in [1.29, 1.82) is 0 Å². The fourth-order valence-corrected chi connectivity index (χ4v) is 3.69. The van der Waals surface area contributed by atoms with Gasteiger partial charge in [0, 0.05) is 29.1 Å². The highest BCUT2D eigenvalue weighted by molar-refractivity contribution is 6.05. The molecule has 1 aromatic heterocycles. The number of benzene rings is 3. The van der Waals surface area contributed by atoms with E-state index in [1.807, 2.05) is 54.6 Å². The molecule has 0 bridgehead atoms. The lowest BCUT2D eigenvalue weighted by atomic mass is 9.91. The number of para-hydroxylation sites is 1. The first-order valence-corrected chi connectivity index (χ1v) is 10.4. The molecule has 3 aromatic carbocycles. The van der Waals surface area contributed by atoms with Crippen LogP contribution >= 0.6 is 0 Å². The molecule has 4 aromatic rings. The van der Waals surface area contributed by atoms with Crippen LogP contribution in [-0.2, 0) is 4.79 Å². The summed E-state index contributed by atoms with van der Waals surface area (Å²) < 4.78 is 5.12. The third kappa shape index (κ3) is 4.93. The van der Waals surface area contributed by atoms with E-state index in [2.05, 4.69) is 15.5 Å². The van der Waals surface area contributed by atoms with Gasteiger partial charge in [-0.05, 0) is 41.5 Å². The molecule has 0 saturated heterocycles. The summed E-state index contributed by atoms with van der Waals surface area (Å²) in [6, 6.07) is 23.4. The second-order valence-electron chi connectivity index (χ2n) is 7.48. The summed E-state index contributed by atoms with van der Waals surface area (Å²) in [6.07, 6.45) is 1.83. The third-order valence-electron chi connectivity index (χ3n) is 5.44. The van der Waals surface area contributed by atoms with Crippen molar-refractivity contribution >= 4 is 28.5 Å². The molecule has 0 aliphatic rings. The number of hydrogen-bond acceptors (Lipinski definition) is 4. The standard InChI is InChI=1S/C26H23N3O4/c1-33-19-13-11-18(12-14-19)25(30)29-28-24(17-7-3-2-4-8-17)15-21(26(31)32)22-16-27-23-10-6-5-9-20(22)23/h2-14,16,21,27H,15H2,1H3,(H,29,30)(H,31,32)/t21-/m0/s1. The fourth-order valence-electron chi connectivity index (χ4n) is 3.69. The number of fused-ring (bicyclic) bond motifs is 1. The number of aromatic amines is 1. The van der Waals surface area contributed by atoms with Gasteiger partial charge in [0.25, 0.3) is 5.91 Å². The average Bonchev–Trinajstić information content (AvgIpc) is 3.28. The van der Waals surface area contributed by atoms with Gasteiger partial charge in [0.05, 0.1) is 18.7 Å². The number of aliphatic carboxylic acids is 1. The van der Waals surface area contributed by atoms with Crippen molar-refractivity contribution in [1.82, 2.24) is 10.4 Å². The Morgan fingerprint density at radius 3 is 2.36 bits per heavy atom. The number of carbonyl (C=O) groups is 2. The predicted molar refractivity (Wildman–Crippen MR) is 127 cm³/mol. The van der Waals surface area contributed by atoms with E-state index >= 15 is 0 Å². The van der Waals surface area contributed by atoms with Crippen molar-refractivity contribution < 1.29 is 19.4 Å². The van der Waals surface area contributed by atoms with Crippen molar-refractivity contribution in [3.8, 4) is 5.75 Å². The van der Waals surface area contributed by atoms with Crippen LogP contribution in [0.3, 0.4) is 0 Å². The first kappa shape index (κ1) is 21.8. The summed E-state index contributed by atoms with van der Waals surface area (Å²) >= 11 is 0. The Labute approximate surface area is 190 Å². The van der Waals surface area contributed by atoms with E-state index in [4.69, 9.17) is 4.74 Å². The van der Waals surface area contributed by atoms with Crippen LogP contribution in [0, 0.1) is 0 Å². The largest absolute Gasteiger partial charge is 0.497 e. The minimum Gasteiger partial charge on any atom is -0.497 e. The van der Waals surface area contributed by atoms with E-state index in [0.717, 1.165) is 16.5 Å². The van der Waals surface area contributed by atoms with Crippen LogP contribution < -0.4 is 10.2 Å². The molecule has 0 fully saturated rings. The number of ether oxygens (including phenoxy) is 1. The molecule has 0 unspecified atom stereocenters. The molecule has 0 aliphatic carbocycles. The number of carboxylic acids is 1. The summed E-state index contributed by atoms with van der Waals surface area (Å²) in [5, 5.41) is 15.2. The van der Waals surface area contributed by atoms with Gasteiger partial charge in [0.2, 0.25) is 0 Å². The zero-order valence-electron chi connectivity index (χ0n) is 18.0. The van der Waals surface area contributed by atoms with Crippen LogP contribution in [0.4, 0.5) is 0 Å². The zero-order chi connectivity index (χ0) is 23.2. The number of carbonyl (C=O) groups excluding carboxylic acids is 1. The lowest BCUT2D eigenvalue weighted by molar-refractivity contribution is -0.138. The molecule has 0 saturated carbocycles. The van der Waals surface area contributed by atoms with Gasteiger partial charge >= 0.3 is 5.97 Å². The number of hydrazone groups is 1. The topological polar surface area (TPSA) is 104 Å². The fraction of sp³-hybridized carbons (Fsp3) is 0.115. The average molecular weight is 441 g/mol. The number of nitrogens with one attached hydrogen (secondary N) is 2. The lowest BCUT2D eigenvalue weighted by Crippen LogP contribution is -2.23. The van der Waals surface area contributed by atoms with Crippen LogP contribution in [0.15, 0.2) is 90.2 Å². The predicted octanol–water partition coefficient (Wildman–Crippen LogP) is 4.57. The lowest BCUT2D eigenvalue weighted by Gasteiger charge is -2.14. The highest BCUT2D eigenvalue weighted by Gasteiger charge is 2.26. The summed E-state index contributed by atoms with van der Waals surface area (Å²) in [7, 11) is 1.55. The molecular formula is C26H23N3O4. The number of rotatable bonds is 8. The summed E-state index contributed by atoms with van der Waals surface area (Å²) in [5.41, 5.74) is 5.72. The summed E-state index contributed by atoms with van der Waals surface area (Å²) in [6.45, 7) is 0. The monoisotopic (exact) mass is 441 g/mol. The van der Waals surface area contributed by atoms with E-state index in [1.54, 1.807) is 37.6 Å².